The van der Waals surface area contributed by atoms with Gasteiger partial charge in [0.25, 0.3) is 0 Å². The number of ether oxygens (including phenoxy) is 2. The highest BCUT2D eigenvalue weighted by atomic mass is 16.5. The third-order valence-electron chi connectivity index (χ3n) is 3.83. The molecule has 1 aliphatic carbocycles. The smallest absolute Gasteiger partial charge is 0.336 e. The van der Waals surface area contributed by atoms with E-state index in [4.69, 9.17) is 13.9 Å². The summed E-state index contributed by atoms with van der Waals surface area (Å²) in [7, 11) is 3.17. The Labute approximate surface area is 110 Å². The number of rotatable bonds is 3. The summed E-state index contributed by atoms with van der Waals surface area (Å²) in [5, 5.41) is 0.946. The summed E-state index contributed by atoms with van der Waals surface area (Å²) >= 11 is 0. The fourth-order valence-corrected chi connectivity index (χ4v) is 2.57. The van der Waals surface area contributed by atoms with Gasteiger partial charge >= 0.3 is 5.63 Å². The van der Waals surface area contributed by atoms with E-state index in [1.807, 2.05) is 6.07 Å². The fraction of sp³-hybridized carbons (Fsp3) is 0.400. The average Bonchev–Trinajstić information content (AvgIpc) is 2.35. The van der Waals surface area contributed by atoms with Crippen LogP contribution in [0.4, 0.5) is 0 Å². The van der Waals surface area contributed by atoms with Crippen LogP contribution in [0.3, 0.4) is 0 Å². The summed E-state index contributed by atoms with van der Waals surface area (Å²) in [6.45, 7) is 0. The molecule has 2 aromatic rings. The highest BCUT2D eigenvalue weighted by Gasteiger charge is 2.23. The lowest BCUT2D eigenvalue weighted by molar-refractivity contribution is 0.354. The van der Waals surface area contributed by atoms with Crippen molar-refractivity contribution in [2.24, 2.45) is 0 Å². The van der Waals surface area contributed by atoms with Crippen molar-refractivity contribution < 1.29 is 13.9 Å². The molecule has 0 amide bonds. The van der Waals surface area contributed by atoms with Crippen molar-refractivity contribution in [3.8, 4) is 11.5 Å². The van der Waals surface area contributed by atoms with Gasteiger partial charge in [-0.2, -0.15) is 0 Å². The van der Waals surface area contributed by atoms with E-state index in [1.54, 1.807) is 26.4 Å². The van der Waals surface area contributed by atoms with Crippen LogP contribution in [0.2, 0.25) is 0 Å². The van der Waals surface area contributed by atoms with Crippen LogP contribution in [0.1, 0.15) is 30.7 Å². The molecule has 0 spiro atoms. The molecule has 1 saturated carbocycles. The molecule has 1 heterocycles. The van der Waals surface area contributed by atoms with E-state index in [1.165, 1.54) is 6.42 Å². The molecule has 0 radical (unpaired) electrons. The first-order valence-corrected chi connectivity index (χ1v) is 6.42. The van der Waals surface area contributed by atoms with Crippen LogP contribution in [0.5, 0.6) is 11.5 Å². The molecular weight excluding hydrogens is 244 g/mol. The fourth-order valence-electron chi connectivity index (χ4n) is 2.57. The van der Waals surface area contributed by atoms with E-state index >= 15 is 0 Å². The predicted molar refractivity (Wildman–Crippen MR) is 72.2 cm³/mol. The molecule has 1 fully saturated rings. The van der Waals surface area contributed by atoms with E-state index in [2.05, 4.69) is 0 Å². The summed E-state index contributed by atoms with van der Waals surface area (Å²) in [6, 6.07) is 5.22. The van der Waals surface area contributed by atoms with Gasteiger partial charge in [0.15, 0.2) is 11.5 Å². The first kappa shape index (κ1) is 12.1. The second-order valence-electron chi connectivity index (χ2n) is 4.85. The van der Waals surface area contributed by atoms with Crippen LogP contribution >= 0.6 is 0 Å². The van der Waals surface area contributed by atoms with Gasteiger partial charge in [-0.05, 0) is 30.4 Å². The number of fused-ring (bicyclic) bond motifs is 1. The van der Waals surface area contributed by atoms with Crippen LogP contribution in [0.25, 0.3) is 11.0 Å². The second kappa shape index (κ2) is 4.61. The number of methoxy groups -OCH3 is 2. The van der Waals surface area contributed by atoms with E-state index < -0.39 is 0 Å². The van der Waals surface area contributed by atoms with Crippen LogP contribution in [-0.4, -0.2) is 14.2 Å². The SMILES string of the molecule is COc1cc2oc(=O)cc(C3CCC3)c2cc1OC. The molecule has 0 saturated heterocycles. The van der Waals surface area contributed by atoms with Crippen LogP contribution < -0.4 is 15.1 Å². The van der Waals surface area contributed by atoms with E-state index in [9.17, 15) is 4.79 Å². The molecule has 1 aromatic carbocycles. The zero-order chi connectivity index (χ0) is 13.4. The molecule has 1 aliphatic rings. The zero-order valence-electron chi connectivity index (χ0n) is 11.1. The maximum absolute atomic E-state index is 11.7. The predicted octanol–water partition coefficient (Wildman–Crippen LogP) is 3.08. The van der Waals surface area contributed by atoms with Crippen molar-refractivity contribution in [1.82, 2.24) is 0 Å². The van der Waals surface area contributed by atoms with Crippen molar-refractivity contribution in [2.45, 2.75) is 25.2 Å². The van der Waals surface area contributed by atoms with Gasteiger partial charge in [0.05, 0.1) is 14.2 Å². The minimum atomic E-state index is -0.304. The van der Waals surface area contributed by atoms with Crippen LogP contribution in [0, 0.1) is 0 Å². The lowest BCUT2D eigenvalue weighted by atomic mass is 9.79. The first-order chi connectivity index (χ1) is 9.22. The Morgan fingerprint density at radius 2 is 1.79 bits per heavy atom. The maximum Gasteiger partial charge on any atom is 0.336 e. The van der Waals surface area contributed by atoms with E-state index in [-0.39, 0.29) is 5.63 Å². The lowest BCUT2D eigenvalue weighted by Crippen LogP contribution is -2.12. The molecule has 0 unspecified atom stereocenters. The molecule has 0 aliphatic heterocycles. The first-order valence-electron chi connectivity index (χ1n) is 6.42. The largest absolute Gasteiger partial charge is 0.493 e. The van der Waals surface area contributed by atoms with Crippen molar-refractivity contribution in [2.75, 3.05) is 14.2 Å². The Bertz CT molecular complexity index is 668. The molecule has 1 aromatic heterocycles. The monoisotopic (exact) mass is 260 g/mol. The quantitative estimate of drug-likeness (QED) is 0.796. The van der Waals surface area contributed by atoms with E-state index in [0.717, 1.165) is 23.8 Å². The third-order valence-corrected chi connectivity index (χ3v) is 3.83. The molecule has 0 atom stereocenters. The summed E-state index contributed by atoms with van der Waals surface area (Å²) in [5.74, 6) is 1.69. The highest BCUT2D eigenvalue weighted by Crippen LogP contribution is 2.41. The highest BCUT2D eigenvalue weighted by molar-refractivity contribution is 5.84. The van der Waals surface area contributed by atoms with Gasteiger partial charge in [-0.1, -0.05) is 6.42 Å². The Kier molecular flexibility index (Phi) is 2.93. The molecular formula is C15H16O4. The number of hydrogen-bond acceptors (Lipinski definition) is 4. The van der Waals surface area contributed by atoms with Gasteiger partial charge in [-0.15, -0.1) is 0 Å². The van der Waals surface area contributed by atoms with Crippen molar-refractivity contribution >= 4 is 11.0 Å². The molecule has 3 rings (SSSR count). The number of benzene rings is 1. The average molecular weight is 260 g/mol. The van der Waals surface area contributed by atoms with Crippen molar-refractivity contribution in [1.29, 1.82) is 0 Å². The van der Waals surface area contributed by atoms with Gasteiger partial charge in [0.2, 0.25) is 0 Å². The topological polar surface area (TPSA) is 48.7 Å². The van der Waals surface area contributed by atoms with Gasteiger partial charge in [-0.25, -0.2) is 4.79 Å². The minimum absolute atomic E-state index is 0.304. The Balaban J connectivity index is 2.27. The summed E-state index contributed by atoms with van der Waals surface area (Å²) in [5.41, 5.74) is 1.33. The van der Waals surface area contributed by atoms with Gasteiger partial charge in [0, 0.05) is 17.5 Å². The summed E-state index contributed by atoms with van der Waals surface area (Å²) in [4.78, 5) is 11.7. The Morgan fingerprint density at radius 3 is 2.37 bits per heavy atom. The zero-order valence-corrected chi connectivity index (χ0v) is 11.1. The van der Waals surface area contributed by atoms with Crippen molar-refractivity contribution in [3.63, 3.8) is 0 Å². The Morgan fingerprint density at radius 1 is 1.11 bits per heavy atom. The van der Waals surface area contributed by atoms with Crippen LogP contribution in [-0.2, 0) is 0 Å². The summed E-state index contributed by atoms with van der Waals surface area (Å²) in [6.07, 6.45) is 3.49. The molecule has 100 valence electrons. The second-order valence-corrected chi connectivity index (χ2v) is 4.85. The molecule has 0 bridgehead atoms. The van der Waals surface area contributed by atoms with Gasteiger partial charge < -0.3 is 13.9 Å². The maximum atomic E-state index is 11.7. The number of hydrogen-bond donors (Lipinski definition) is 0. The van der Waals surface area contributed by atoms with E-state index in [0.29, 0.717) is 23.0 Å². The summed E-state index contributed by atoms with van der Waals surface area (Å²) < 4.78 is 15.8. The third kappa shape index (κ3) is 1.97. The van der Waals surface area contributed by atoms with Gasteiger partial charge in [0.1, 0.15) is 5.58 Å². The Hall–Kier alpha value is -1.97. The standard InChI is InChI=1S/C15H16O4/c1-17-13-6-11-10(9-4-3-5-9)7-15(16)19-12(11)8-14(13)18-2/h6-9H,3-5H2,1-2H3. The molecule has 19 heavy (non-hydrogen) atoms. The normalized spacial score (nSPS) is 15.3. The van der Waals surface area contributed by atoms with Crippen LogP contribution in [0.15, 0.2) is 27.4 Å². The van der Waals surface area contributed by atoms with Gasteiger partial charge in [-0.3, -0.25) is 0 Å². The molecule has 4 nitrogen and oxygen atoms in total. The minimum Gasteiger partial charge on any atom is -0.493 e. The molecule has 0 N–H and O–H groups in total. The lowest BCUT2D eigenvalue weighted by Gasteiger charge is -2.26. The van der Waals surface area contributed by atoms with Crippen molar-refractivity contribution in [3.05, 3.63) is 34.2 Å². The molecule has 4 heteroatoms.